The maximum atomic E-state index is 6.51. The van der Waals surface area contributed by atoms with Crippen LogP contribution in [0.2, 0.25) is 0 Å². The number of benzene rings is 9. The van der Waals surface area contributed by atoms with Gasteiger partial charge in [0.1, 0.15) is 11.2 Å². The SMILES string of the molecule is c1cc(-c2ccc3cc4c(cc3c2)oc2ccc(-c3cccc(-c5cccc6c5sc5ccccc56)c3)cc24)cc(-c2cccc3c2sc2ccccc23)c1. The predicted octanol–water partition coefficient (Wildman–Crippen LogP) is 16.1. The minimum absolute atomic E-state index is 0.906. The first-order valence-electron chi connectivity index (χ1n) is 18.6. The molecular weight excluding hydrogens is 705 g/mol. The Bertz CT molecular complexity index is 3500. The Morgan fingerprint density at radius 1 is 0.291 bits per heavy atom. The van der Waals surface area contributed by atoms with Crippen LogP contribution in [0.5, 0.6) is 0 Å². The van der Waals surface area contributed by atoms with Gasteiger partial charge in [-0.15, -0.1) is 22.7 Å². The summed E-state index contributed by atoms with van der Waals surface area (Å²) in [6.07, 6.45) is 0. The van der Waals surface area contributed by atoms with E-state index in [2.05, 4.69) is 182 Å². The first-order valence-corrected chi connectivity index (χ1v) is 20.3. The van der Waals surface area contributed by atoms with Gasteiger partial charge in [0.2, 0.25) is 0 Å². The summed E-state index contributed by atoms with van der Waals surface area (Å²) >= 11 is 3.76. The van der Waals surface area contributed by atoms with Crippen molar-refractivity contribution in [1.29, 1.82) is 0 Å². The van der Waals surface area contributed by atoms with Gasteiger partial charge in [0.25, 0.3) is 0 Å². The van der Waals surface area contributed by atoms with Gasteiger partial charge in [-0.25, -0.2) is 0 Å². The van der Waals surface area contributed by atoms with Crippen molar-refractivity contribution in [3.8, 4) is 44.5 Å². The molecule has 9 aromatic carbocycles. The van der Waals surface area contributed by atoms with E-state index in [0.29, 0.717) is 0 Å². The van der Waals surface area contributed by atoms with Crippen molar-refractivity contribution in [3.63, 3.8) is 0 Å². The summed E-state index contributed by atoms with van der Waals surface area (Å²) < 4.78 is 11.8. The summed E-state index contributed by atoms with van der Waals surface area (Å²) in [7, 11) is 0. The Morgan fingerprint density at radius 2 is 0.800 bits per heavy atom. The van der Waals surface area contributed by atoms with Crippen molar-refractivity contribution in [2.45, 2.75) is 0 Å². The van der Waals surface area contributed by atoms with Gasteiger partial charge < -0.3 is 4.42 Å². The van der Waals surface area contributed by atoms with Gasteiger partial charge in [0.05, 0.1) is 0 Å². The topological polar surface area (TPSA) is 13.1 Å². The molecule has 3 aromatic heterocycles. The maximum Gasteiger partial charge on any atom is 0.136 e. The summed E-state index contributed by atoms with van der Waals surface area (Å²) in [6.45, 7) is 0. The van der Waals surface area contributed by atoms with Crippen LogP contribution in [0.15, 0.2) is 186 Å². The third-order valence-corrected chi connectivity index (χ3v) is 13.7. The monoisotopic (exact) mass is 734 g/mol. The molecule has 0 bridgehead atoms. The highest BCUT2D eigenvalue weighted by Gasteiger charge is 2.15. The largest absolute Gasteiger partial charge is 0.456 e. The quantitative estimate of drug-likeness (QED) is 0.175. The average molecular weight is 735 g/mol. The lowest BCUT2D eigenvalue weighted by Crippen LogP contribution is -1.83. The summed E-state index contributed by atoms with van der Waals surface area (Å²) in [4.78, 5) is 0. The molecule has 0 saturated heterocycles. The van der Waals surface area contributed by atoms with Crippen LogP contribution in [0.3, 0.4) is 0 Å². The van der Waals surface area contributed by atoms with Crippen LogP contribution in [-0.4, -0.2) is 0 Å². The molecule has 256 valence electrons. The Morgan fingerprint density at radius 3 is 1.45 bits per heavy atom. The van der Waals surface area contributed by atoms with Gasteiger partial charge in [-0.05, 0) is 110 Å². The highest BCUT2D eigenvalue weighted by atomic mass is 32.1. The number of hydrogen-bond donors (Lipinski definition) is 0. The van der Waals surface area contributed by atoms with Crippen LogP contribution in [-0.2, 0) is 0 Å². The average Bonchev–Trinajstić information content (AvgIpc) is 3.93. The van der Waals surface area contributed by atoms with Crippen molar-refractivity contribution >= 4 is 95.7 Å². The number of rotatable bonds is 4. The zero-order chi connectivity index (χ0) is 36.0. The zero-order valence-electron chi connectivity index (χ0n) is 29.5. The van der Waals surface area contributed by atoms with Crippen LogP contribution in [0.1, 0.15) is 0 Å². The number of thiophene rings is 2. The second-order valence-corrected chi connectivity index (χ2v) is 16.6. The molecule has 0 aliphatic carbocycles. The lowest BCUT2D eigenvalue weighted by Gasteiger charge is -2.09. The second-order valence-electron chi connectivity index (χ2n) is 14.4. The lowest BCUT2D eigenvalue weighted by molar-refractivity contribution is 0.669. The molecule has 55 heavy (non-hydrogen) atoms. The highest BCUT2D eigenvalue weighted by molar-refractivity contribution is 7.26. The molecule has 0 amide bonds. The molecule has 0 aliphatic rings. The van der Waals surface area contributed by atoms with Crippen LogP contribution in [0, 0.1) is 0 Å². The molecule has 1 nitrogen and oxygen atoms in total. The first kappa shape index (κ1) is 30.9. The molecule has 0 N–H and O–H groups in total. The molecule has 0 fully saturated rings. The van der Waals surface area contributed by atoms with E-state index in [1.165, 1.54) is 95.6 Å². The van der Waals surface area contributed by atoms with Gasteiger partial charge in [0, 0.05) is 51.1 Å². The normalized spacial score (nSPS) is 12.0. The van der Waals surface area contributed by atoms with Gasteiger partial charge in [-0.2, -0.15) is 0 Å². The summed E-state index contributed by atoms with van der Waals surface area (Å²) in [5.41, 5.74) is 11.6. The van der Waals surface area contributed by atoms with Crippen molar-refractivity contribution in [3.05, 3.63) is 182 Å². The van der Waals surface area contributed by atoms with Crippen LogP contribution >= 0.6 is 22.7 Å². The third-order valence-electron chi connectivity index (χ3n) is 11.3. The van der Waals surface area contributed by atoms with E-state index in [9.17, 15) is 0 Å². The van der Waals surface area contributed by atoms with Gasteiger partial charge in [0.15, 0.2) is 0 Å². The van der Waals surface area contributed by atoms with Gasteiger partial charge in [-0.3, -0.25) is 0 Å². The van der Waals surface area contributed by atoms with Gasteiger partial charge >= 0.3 is 0 Å². The first-order chi connectivity index (χ1) is 27.2. The van der Waals surface area contributed by atoms with E-state index < -0.39 is 0 Å². The molecule has 0 aliphatic heterocycles. The smallest absolute Gasteiger partial charge is 0.136 e. The van der Waals surface area contributed by atoms with Crippen LogP contribution in [0.25, 0.3) is 118 Å². The summed E-state index contributed by atoms with van der Waals surface area (Å²) in [5, 5.41) is 9.95. The summed E-state index contributed by atoms with van der Waals surface area (Å²) in [5.74, 6) is 0. The van der Waals surface area contributed by atoms with Crippen molar-refractivity contribution < 1.29 is 4.42 Å². The Labute approximate surface area is 325 Å². The minimum atomic E-state index is 0.906. The molecule has 3 heteroatoms. The lowest BCUT2D eigenvalue weighted by atomic mass is 9.95. The fourth-order valence-electron chi connectivity index (χ4n) is 8.56. The van der Waals surface area contributed by atoms with E-state index >= 15 is 0 Å². The Balaban J connectivity index is 0.912. The van der Waals surface area contributed by atoms with Crippen molar-refractivity contribution in [2.75, 3.05) is 0 Å². The molecule has 3 heterocycles. The molecule has 0 spiro atoms. The molecular formula is C52H30OS2. The molecule has 0 radical (unpaired) electrons. The Hall–Kier alpha value is -6.52. The van der Waals surface area contributed by atoms with Crippen molar-refractivity contribution in [1.82, 2.24) is 0 Å². The van der Waals surface area contributed by atoms with Crippen LogP contribution in [0.4, 0.5) is 0 Å². The fraction of sp³-hybridized carbons (Fsp3) is 0. The number of hydrogen-bond acceptors (Lipinski definition) is 3. The molecule has 0 atom stereocenters. The van der Waals surface area contributed by atoms with E-state index in [1.54, 1.807) is 0 Å². The predicted molar refractivity (Wildman–Crippen MR) is 239 cm³/mol. The molecule has 12 rings (SSSR count). The second kappa shape index (κ2) is 12.0. The van der Waals surface area contributed by atoms with E-state index in [-0.39, 0.29) is 0 Å². The number of furan rings is 1. The maximum absolute atomic E-state index is 6.51. The third kappa shape index (κ3) is 4.91. The minimum Gasteiger partial charge on any atom is -0.456 e. The van der Waals surface area contributed by atoms with E-state index in [4.69, 9.17) is 4.42 Å². The molecule has 12 aromatic rings. The van der Waals surface area contributed by atoms with Crippen LogP contribution < -0.4 is 0 Å². The van der Waals surface area contributed by atoms with Gasteiger partial charge in [-0.1, -0.05) is 127 Å². The zero-order valence-corrected chi connectivity index (χ0v) is 31.2. The highest BCUT2D eigenvalue weighted by Crippen LogP contribution is 2.43. The van der Waals surface area contributed by atoms with E-state index in [1.807, 2.05) is 22.7 Å². The van der Waals surface area contributed by atoms with Crippen molar-refractivity contribution in [2.24, 2.45) is 0 Å². The Kier molecular flexibility index (Phi) is 6.74. The standard InChI is InChI=1S/C52H30OS2/c1-3-19-49-41(13-1)43-17-7-15-39(51(43)54-49)36-11-5-9-31(25-36)33-21-22-35-29-46-45-28-34(23-24-47(45)53-48(46)30-38(35)27-33)32-10-6-12-37(26-32)40-16-8-18-44-42-14-2-4-20-50(42)55-52(40)44/h1-30H. The summed E-state index contributed by atoms with van der Waals surface area (Å²) in [6, 6.07) is 66.6. The molecule has 0 saturated carbocycles. The molecule has 0 unspecified atom stereocenters. The fourth-order valence-corrected chi connectivity index (χ4v) is 11.0. The number of fused-ring (bicyclic) bond motifs is 10. The van der Waals surface area contributed by atoms with E-state index in [0.717, 1.165) is 21.9 Å².